The van der Waals surface area contributed by atoms with Gasteiger partial charge in [-0.2, -0.15) is 27.0 Å². The van der Waals surface area contributed by atoms with Crippen molar-refractivity contribution in [1.29, 1.82) is 0 Å². The Morgan fingerprint density at radius 3 is 1.43 bits per heavy atom. The van der Waals surface area contributed by atoms with E-state index in [-0.39, 0.29) is 55.5 Å². The Labute approximate surface area is 446 Å². The number of rotatable bonds is 15. The third kappa shape index (κ3) is 15.9. The summed E-state index contributed by atoms with van der Waals surface area (Å²) >= 11 is 24.3. The molecule has 376 valence electrons. The summed E-state index contributed by atoms with van der Waals surface area (Å²) in [6, 6.07) is 34.0. The van der Waals surface area contributed by atoms with E-state index in [2.05, 4.69) is 67.8 Å². The van der Waals surface area contributed by atoms with E-state index in [1.807, 2.05) is 83.1 Å². The van der Waals surface area contributed by atoms with Gasteiger partial charge in [0.1, 0.15) is 0 Å². The van der Waals surface area contributed by atoms with Gasteiger partial charge in [0.2, 0.25) is 0 Å². The number of carbonyl (C=O) groups excluding carboxylic acids is 1. The molecule has 0 aromatic heterocycles. The number of nitrogens with two attached hydrogens (primary N) is 1. The second-order valence-electron chi connectivity index (χ2n) is 15.9. The van der Waals surface area contributed by atoms with Crippen LogP contribution in [0.4, 0.5) is 38.9 Å². The van der Waals surface area contributed by atoms with Gasteiger partial charge in [-0.05, 0) is 134 Å². The van der Waals surface area contributed by atoms with Gasteiger partial charge in [0.05, 0.1) is 42.7 Å². The molecule has 0 fully saturated rings. The Bertz CT molecular complexity index is 2660. The van der Waals surface area contributed by atoms with E-state index in [4.69, 9.17) is 52.1 Å². The van der Waals surface area contributed by atoms with Crippen LogP contribution in [-0.4, -0.2) is 15.9 Å². The highest BCUT2D eigenvalue weighted by molar-refractivity contribution is 7.59. The maximum atomic E-state index is 13.9. The molecule has 17 heteroatoms. The lowest BCUT2D eigenvalue weighted by Crippen LogP contribution is -2.37. The van der Waals surface area contributed by atoms with Gasteiger partial charge in [0.25, 0.3) is 11.4 Å². The van der Waals surface area contributed by atoms with Crippen molar-refractivity contribution in [3.8, 4) is 0 Å². The summed E-state index contributed by atoms with van der Waals surface area (Å²) in [5, 5.41) is 31.0. The average molecular weight is 1070 g/mol. The van der Waals surface area contributed by atoms with Gasteiger partial charge in [-0.1, -0.05) is 136 Å². The maximum absolute atomic E-state index is 13.9. The zero-order valence-electron chi connectivity index (χ0n) is 40.8. The molecule has 2 amide bonds. The number of carbonyl (C=O) groups is 1. The molecular formula is C53H64Cl4N6O5S2. The van der Waals surface area contributed by atoms with Gasteiger partial charge >= 0.3 is 6.03 Å². The van der Waals surface area contributed by atoms with Crippen LogP contribution in [0.25, 0.3) is 0 Å². The van der Waals surface area contributed by atoms with Crippen LogP contribution >= 0.6 is 73.4 Å². The average Bonchev–Trinajstić information content (AvgIpc) is 3.32. The van der Waals surface area contributed by atoms with Gasteiger partial charge in [-0.25, -0.2) is 4.79 Å². The molecule has 2 atom stereocenters. The van der Waals surface area contributed by atoms with Gasteiger partial charge in [-0.3, -0.25) is 25.1 Å². The van der Waals surface area contributed by atoms with E-state index in [0.29, 0.717) is 69.5 Å². The van der Waals surface area contributed by atoms with E-state index in [9.17, 15) is 25.0 Å². The Morgan fingerprint density at radius 2 is 1.00 bits per heavy atom. The summed E-state index contributed by atoms with van der Waals surface area (Å²) in [5.74, 6) is 0. The summed E-state index contributed by atoms with van der Waals surface area (Å²) in [4.78, 5) is 37.1. The number of hydrogen-bond acceptors (Lipinski definition) is 7. The van der Waals surface area contributed by atoms with Gasteiger partial charge in [0, 0.05) is 45.3 Å². The number of urea groups is 1. The van der Waals surface area contributed by atoms with Crippen molar-refractivity contribution in [1.82, 2.24) is 0 Å². The molecule has 6 aromatic rings. The molecule has 0 radical (unpaired) electrons. The quantitative estimate of drug-likeness (QED) is 0.0525. The van der Waals surface area contributed by atoms with Crippen LogP contribution in [-0.2, 0) is 38.5 Å². The fraction of sp³-hybridized carbons (Fsp3) is 0.302. The van der Waals surface area contributed by atoms with Crippen molar-refractivity contribution in [2.24, 2.45) is 0 Å². The number of nitro benzene ring substituents is 2. The van der Waals surface area contributed by atoms with Crippen LogP contribution in [0, 0.1) is 20.2 Å². The van der Waals surface area contributed by atoms with Crippen LogP contribution in [0.1, 0.15) is 112 Å². The van der Waals surface area contributed by atoms with Crippen molar-refractivity contribution in [2.45, 2.75) is 106 Å². The SMILES string of the molecule is CCc1c(Cl)cc([N+](=O)[O-])c(CC)c1N.CCc1ccc(N(C(=O)Nc2c(CC)c(Cl)cc([N+](=O)[O-])c2CC)[C@@H](C)c2ccc(Cl)cc2)cc1.CCc1ccc(N[C@@H](C)c2ccc(Cl)cc2)cc1.S.S. The highest BCUT2D eigenvalue weighted by Crippen LogP contribution is 2.39. The minimum absolute atomic E-state index is 0. The van der Waals surface area contributed by atoms with E-state index in [1.54, 1.807) is 17.0 Å². The molecule has 0 aliphatic rings. The van der Waals surface area contributed by atoms with E-state index in [0.717, 1.165) is 40.2 Å². The fourth-order valence-corrected chi connectivity index (χ4v) is 8.69. The minimum Gasteiger partial charge on any atom is -0.398 e. The third-order valence-electron chi connectivity index (χ3n) is 11.7. The predicted molar refractivity (Wildman–Crippen MR) is 305 cm³/mol. The largest absolute Gasteiger partial charge is 0.398 e. The second kappa shape index (κ2) is 29.3. The monoisotopic (exact) mass is 1070 g/mol. The first kappa shape index (κ1) is 61.0. The first-order valence-corrected chi connectivity index (χ1v) is 24.2. The number of aryl methyl sites for hydroxylation is 2. The topological polar surface area (TPSA) is 157 Å². The molecule has 0 bridgehead atoms. The van der Waals surface area contributed by atoms with Gasteiger partial charge in [-0.15, -0.1) is 0 Å². The molecule has 6 aromatic carbocycles. The van der Waals surface area contributed by atoms with Crippen molar-refractivity contribution in [3.63, 3.8) is 0 Å². The first-order chi connectivity index (χ1) is 32.4. The van der Waals surface area contributed by atoms with Crippen molar-refractivity contribution < 1.29 is 14.6 Å². The van der Waals surface area contributed by atoms with E-state index in [1.165, 1.54) is 23.3 Å². The van der Waals surface area contributed by atoms with Crippen LogP contribution in [0.15, 0.2) is 109 Å². The van der Waals surface area contributed by atoms with Gasteiger partial charge in [0.15, 0.2) is 0 Å². The molecule has 0 aliphatic carbocycles. The molecule has 0 aliphatic heterocycles. The third-order valence-corrected chi connectivity index (χ3v) is 12.9. The molecular weight excluding hydrogens is 1010 g/mol. The molecule has 0 unspecified atom stereocenters. The van der Waals surface area contributed by atoms with E-state index < -0.39 is 15.9 Å². The highest BCUT2D eigenvalue weighted by Gasteiger charge is 2.28. The number of nitro groups is 2. The summed E-state index contributed by atoms with van der Waals surface area (Å²) < 4.78 is 0. The maximum Gasteiger partial charge on any atom is 0.326 e. The number of nitrogens with one attached hydrogen (secondary N) is 2. The molecule has 4 N–H and O–H groups in total. The number of benzene rings is 6. The van der Waals surface area contributed by atoms with E-state index >= 15 is 0 Å². The summed E-state index contributed by atoms with van der Waals surface area (Å²) in [5.41, 5.74) is 15.6. The summed E-state index contributed by atoms with van der Waals surface area (Å²) in [6.45, 7) is 15.8. The zero-order chi connectivity index (χ0) is 50.2. The molecule has 0 heterocycles. The summed E-state index contributed by atoms with van der Waals surface area (Å²) in [7, 11) is 0. The first-order valence-electron chi connectivity index (χ1n) is 22.7. The zero-order valence-corrected chi connectivity index (χ0v) is 45.8. The number of anilines is 4. The van der Waals surface area contributed by atoms with Gasteiger partial charge < -0.3 is 16.4 Å². The Hall–Kier alpha value is -5.15. The molecule has 70 heavy (non-hydrogen) atoms. The molecule has 11 nitrogen and oxygen atoms in total. The molecule has 0 spiro atoms. The molecule has 0 saturated heterocycles. The predicted octanol–water partition coefficient (Wildman–Crippen LogP) is 16.6. The van der Waals surface area contributed by atoms with Crippen molar-refractivity contribution in [2.75, 3.05) is 21.3 Å². The fourth-order valence-electron chi connectivity index (χ4n) is 7.77. The number of halogens is 4. The van der Waals surface area contributed by atoms with Crippen LogP contribution < -0.4 is 21.3 Å². The standard InChI is InChI=1S/C27H29Cl2N3O3.C16H18ClN.C10H13ClN2O2.2H2S/c1-5-18-8-14-21(15-9-18)31(17(4)19-10-12-20(28)13-11-19)27(33)30-26-22(6-2)24(29)16-25(32(34)35)23(26)7-3;1-3-13-4-10-16(11-5-13)18-12(2)14-6-8-15(17)9-7-14;1-3-6-8(11)5-9(13(14)15)7(4-2)10(6)12;;/h8-17H,5-7H2,1-4H3,(H,30,33);4-12,18H,3H2,1-2H3;5H,3-4,12H2,1-2H3;2*1H2/t17-;12-;;;/m00.../s1. The second-order valence-corrected chi connectivity index (χ2v) is 17.6. The lowest BCUT2D eigenvalue weighted by atomic mass is 10.0. The Balaban J connectivity index is 0.000000401. The number of amides is 2. The normalized spacial score (nSPS) is 11.2. The highest BCUT2D eigenvalue weighted by atomic mass is 35.5. The van der Waals surface area contributed by atoms with Crippen molar-refractivity contribution >= 4 is 114 Å². The van der Waals surface area contributed by atoms with Crippen LogP contribution in [0.5, 0.6) is 0 Å². The Morgan fingerprint density at radius 1 is 0.586 bits per heavy atom. The number of hydrogen-bond donors (Lipinski definition) is 3. The van der Waals surface area contributed by atoms with Crippen LogP contribution in [0.2, 0.25) is 20.1 Å². The number of nitrogen functional groups attached to an aromatic ring is 1. The lowest BCUT2D eigenvalue weighted by Gasteiger charge is -2.31. The smallest absolute Gasteiger partial charge is 0.326 e. The Kier molecular flexibility index (Phi) is 25.5. The molecule has 0 saturated carbocycles. The summed E-state index contributed by atoms with van der Waals surface area (Å²) in [6.07, 6.45) is 4.05. The molecule has 6 rings (SSSR count). The van der Waals surface area contributed by atoms with Crippen LogP contribution in [0.3, 0.4) is 0 Å². The minimum atomic E-state index is -0.461. The van der Waals surface area contributed by atoms with Crippen molar-refractivity contribution in [3.05, 3.63) is 194 Å². The lowest BCUT2D eigenvalue weighted by molar-refractivity contribution is -0.385. The number of nitrogens with zero attached hydrogens (tertiary/aromatic N) is 3.